The molecule has 0 aliphatic heterocycles. The molecular formula is C26H22FN5O2. The highest BCUT2D eigenvalue weighted by atomic mass is 19.1. The Morgan fingerprint density at radius 1 is 1.12 bits per heavy atom. The van der Waals surface area contributed by atoms with E-state index in [0.29, 0.717) is 34.4 Å². The fraction of sp³-hybridized carbons (Fsp3) is 0.154. The van der Waals surface area contributed by atoms with Crippen LogP contribution in [0.4, 0.5) is 10.1 Å². The second kappa shape index (κ2) is 8.90. The second-order valence-electron chi connectivity index (χ2n) is 8.20. The van der Waals surface area contributed by atoms with Gasteiger partial charge in [0.15, 0.2) is 0 Å². The number of nitrogens with one attached hydrogen (secondary N) is 2. The highest BCUT2D eigenvalue weighted by Crippen LogP contribution is 2.20. The van der Waals surface area contributed by atoms with Gasteiger partial charge in [-0.1, -0.05) is 30.3 Å². The number of fused-ring (bicyclic) bond motifs is 2. The molecule has 5 aromatic rings. The summed E-state index contributed by atoms with van der Waals surface area (Å²) in [4.78, 5) is 37.3. The number of aromatic amines is 1. The van der Waals surface area contributed by atoms with Crippen molar-refractivity contribution in [3.63, 3.8) is 0 Å². The van der Waals surface area contributed by atoms with Crippen molar-refractivity contribution < 1.29 is 9.18 Å². The lowest BCUT2D eigenvalue weighted by Crippen LogP contribution is -2.23. The smallest absolute Gasteiger partial charge is 0.261 e. The number of aromatic nitrogens is 4. The van der Waals surface area contributed by atoms with Crippen LogP contribution < -0.4 is 10.9 Å². The van der Waals surface area contributed by atoms with E-state index in [2.05, 4.69) is 20.3 Å². The van der Waals surface area contributed by atoms with Crippen LogP contribution in [-0.2, 0) is 17.8 Å². The van der Waals surface area contributed by atoms with Gasteiger partial charge in [0.25, 0.3) is 5.56 Å². The average molecular weight is 455 g/mol. The molecule has 3 aromatic carbocycles. The second-order valence-corrected chi connectivity index (χ2v) is 8.20. The van der Waals surface area contributed by atoms with Crippen molar-refractivity contribution in [2.45, 2.75) is 26.3 Å². The summed E-state index contributed by atoms with van der Waals surface area (Å²) in [7, 11) is 0. The molecule has 170 valence electrons. The largest absolute Gasteiger partial charge is 0.342 e. The maximum Gasteiger partial charge on any atom is 0.261 e. The Balaban J connectivity index is 1.26. The summed E-state index contributed by atoms with van der Waals surface area (Å²) < 4.78 is 15.4. The van der Waals surface area contributed by atoms with Gasteiger partial charge in [-0.3, -0.25) is 14.2 Å². The summed E-state index contributed by atoms with van der Waals surface area (Å²) in [6.45, 7) is 2.13. The summed E-state index contributed by atoms with van der Waals surface area (Å²) >= 11 is 0. The number of benzene rings is 3. The number of amides is 1. The highest BCUT2D eigenvalue weighted by Gasteiger charge is 2.11. The van der Waals surface area contributed by atoms with Gasteiger partial charge in [-0.25, -0.2) is 14.4 Å². The van der Waals surface area contributed by atoms with Crippen LogP contribution in [0.2, 0.25) is 0 Å². The molecular weight excluding hydrogens is 433 g/mol. The van der Waals surface area contributed by atoms with E-state index < -0.39 is 0 Å². The number of carbonyl (C=O) groups excluding carboxylic acids is 1. The van der Waals surface area contributed by atoms with E-state index in [4.69, 9.17) is 0 Å². The maximum atomic E-state index is 13.9. The predicted octanol–water partition coefficient (Wildman–Crippen LogP) is 4.34. The number of aryl methyl sites for hydroxylation is 2. The van der Waals surface area contributed by atoms with Gasteiger partial charge in [0.1, 0.15) is 11.6 Å². The molecule has 2 heterocycles. The first-order chi connectivity index (χ1) is 16.5. The van der Waals surface area contributed by atoms with E-state index in [0.717, 1.165) is 16.6 Å². The van der Waals surface area contributed by atoms with Crippen molar-refractivity contribution in [2.75, 3.05) is 5.32 Å². The van der Waals surface area contributed by atoms with Crippen LogP contribution in [0.3, 0.4) is 0 Å². The molecule has 0 aliphatic carbocycles. The lowest BCUT2D eigenvalue weighted by atomic mass is 10.1. The van der Waals surface area contributed by atoms with Crippen LogP contribution >= 0.6 is 0 Å². The Labute approximate surface area is 194 Å². The van der Waals surface area contributed by atoms with Gasteiger partial charge in [-0.2, -0.15) is 0 Å². The fourth-order valence-corrected chi connectivity index (χ4v) is 3.99. The molecule has 1 amide bonds. The van der Waals surface area contributed by atoms with Crippen LogP contribution in [0.15, 0.2) is 71.8 Å². The third kappa shape index (κ3) is 4.30. The molecule has 0 saturated carbocycles. The van der Waals surface area contributed by atoms with Gasteiger partial charge in [0, 0.05) is 25.1 Å². The van der Waals surface area contributed by atoms with Crippen LogP contribution in [0.25, 0.3) is 21.9 Å². The number of imidazole rings is 1. The van der Waals surface area contributed by atoms with Crippen molar-refractivity contribution in [1.82, 2.24) is 19.5 Å². The zero-order chi connectivity index (χ0) is 23.7. The minimum atomic E-state index is -0.272. The van der Waals surface area contributed by atoms with Crippen molar-refractivity contribution in [1.29, 1.82) is 0 Å². The van der Waals surface area contributed by atoms with Gasteiger partial charge >= 0.3 is 0 Å². The first kappa shape index (κ1) is 21.5. The minimum absolute atomic E-state index is 0.123. The molecule has 0 bridgehead atoms. The molecule has 8 heteroatoms. The van der Waals surface area contributed by atoms with Gasteiger partial charge in [-0.15, -0.1) is 0 Å². The first-order valence-electron chi connectivity index (χ1n) is 10.9. The molecule has 0 unspecified atom stereocenters. The maximum absolute atomic E-state index is 13.9. The number of hydrogen-bond acceptors (Lipinski definition) is 4. The van der Waals surface area contributed by atoms with E-state index in [-0.39, 0.29) is 30.2 Å². The Morgan fingerprint density at radius 2 is 1.97 bits per heavy atom. The Bertz CT molecular complexity index is 1590. The number of hydrogen-bond donors (Lipinski definition) is 2. The Kier molecular flexibility index (Phi) is 5.63. The Hall–Kier alpha value is -4.33. The van der Waals surface area contributed by atoms with Crippen molar-refractivity contribution >= 4 is 33.5 Å². The number of anilines is 1. The lowest BCUT2D eigenvalue weighted by Gasteiger charge is -2.08. The molecule has 34 heavy (non-hydrogen) atoms. The van der Waals surface area contributed by atoms with E-state index >= 15 is 0 Å². The summed E-state index contributed by atoms with van der Waals surface area (Å²) in [6, 6.07) is 17.4. The molecule has 2 N–H and O–H groups in total. The number of H-pyrrole nitrogens is 1. The zero-order valence-electron chi connectivity index (χ0n) is 18.5. The molecule has 0 fully saturated rings. The van der Waals surface area contributed by atoms with E-state index in [1.165, 1.54) is 17.0 Å². The summed E-state index contributed by atoms with van der Waals surface area (Å²) in [6.07, 6.45) is 1.95. The minimum Gasteiger partial charge on any atom is -0.342 e. The summed E-state index contributed by atoms with van der Waals surface area (Å²) in [5, 5.41) is 3.40. The first-order valence-corrected chi connectivity index (χ1v) is 10.9. The number of nitrogens with zero attached hydrogens (tertiary/aromatic N) is 3. The van der Waals surface area contributed by atoms with E-state index in [1.54, 1.807) is 42.5 Å². The fourth-order valence-electron chi connectivity index (χ4n) is 3.99. The Morgan fingerprint density at radius 3 is 2.82 bits per heavy atom. The van der Waals surface area contributed by atoms with Crippen LogP contribution in [-0.4, -0.2) is 25.4 Å². The van der Waals surface area contributed by atoms with E-state index in [9.17, 15) is 14.0 Å². The molecule has 0 saturated heterocycles. The normalized spacial score (nSPS) is 11.2. The van der Waals surface area contributed by atoms with Crippen LogP contribution in [0.1, 0.15) is 23.4 Å². The zero-order valence-corrected chi connectivity index (χ0v) is 18.5. The van der Waals surface area contributed by atoms with Crippen molar-refractivity contribution in [2.24, 2.45) is 0 Å². The van der Waals surface area contributed by atoms with Gasteiger partial charge < -0.3 is 10.3 Å². The topological polar surface area (TPSA) is 92.7 Å². The van der Waals surface area contributed by atoms with Crippen molar-refractivity contribution in [3.05, 3.63) is 100 Å². The third-order valence-electron chi connectivity index (χ3n) is 5.77. The quantitative estimate of drug-likeness (QED) is 0.398. The third-order valence-corrected chi connectivity index (χ3v) is 5.77. The van der Waals surface area contributed by atoms with E-state index in [1.807, 2.05) is 19.1 Å². The predicted molar refractivity (Wildman–Crippen MR) is 129 cm³/mol. The van der Waals surface area contributed by atoms with Gasteiger partial charge in [0.05, 0.1) is 28.3 Å². The molecule has 0 atom stereocenters. The van der Waals surface area contributed by atoms with Crippen LogP contribution in [0, 0.1) is 12.7 Å². The summed E-state index contributed by atoms with van der Waals surface area (Å²) in [5.74, 6) is 0.149. The number of para-hydroxylation sites is 1. The molecule has 0 radical (unpaired) electrons. The number of rotatable bonds is 6. The number of halogens is 1. The molecule has 5 rings (SSSR count). The number of carbonyl (C=O) groups is 1. The average Bonchev–Trinajstić information content (AvgIpc) is 3.22. The summed E-state index contributed by atoms with van der Waals surface area (Å²) in [5.41, 5.74) is 4.09. The van der Waals surface area contributed by atoms with Gasteiger partial charge in [0.2, 0.25) is 5.91 Å². The lowest BCUT2D eigenvalue weighted by molar-refractivity contribution is -0.116. The van der Waals surface area contributed by atoms with Gasteiger partial charge in [-0.05, 0) is 48.4 Å². The molecule has 0 spiro atoms. The molecule has 0 aliphatic rings. The standard InChI is InChI=1S/C26H22FN5O2/c1-16-5-4-7-19-25(16)28-15-32(26(19)34)12-11-24(33)29-18-9-10-21-22(14-18)31-23(30-21)13-17-6-2-3-8-20(17)27/h2-10,14-15H,11-13H2,1H3,(H,29,33)(H,30,31). The molecule has 7 nitrogen and oxygen atoms in total. The van der Waals surface area contributed by atoms with Crippen molar-refractivity contribution in [3.8, 4) is 0 Å². The highest BCUT2D eigenvalue weighted by molar-refractivity contribution is 5.93. The monoisotopic (exact) mass is 455 g/mol. The SMILES string of the molecule is Cc1cccc2c(=O)n(CCC(=O)Nc3ccc4nc(Cc5ccccc5F)[nH]c4c3)cnc12. The molecule has 2 aromatic heterocycles. The van der Waals surface area contributed by atoms with Crippen LogP contribution in [0.5, 0.6) is 0 Å².